The van der Waals surface area contributed by atoms with Crippen molar-refractivity contribution in [3.05, 3.63) is 35.0 Å². The first kappa shape index (κ1) is 10.6. The van der Waals surface area contributed by atoms with Crippen LogP contribution in [0.5, 0.6) is 0 Å². The molecule has 0 radical (unpaired) electrons. The summed E-state index contributed by atoms with van der Waals surface area (Å²) in [5.74, 6) is 0. The van der Waals surface area contributed by atoms with Crippen LogP contribution in [0.1, 0.15) is 26.3 Å². The number of hydroxylamine groups is 1. The van der Waals surface area contributed by atoms with Gasteiger partial charge in [-0.25, -0.2) is 4.74 Å². The fourth-order valence-electron chi connectivity index (χ4n) is 0.968. The highest BCUT2D eigenvalue weighted by atomic mass is 16.5. The third kappa shape index (κ3) is 2.76. The molecule has 3 nitrogen and oxygen atoms in total. The Bertz CT molecular complexity index is 351. The van der Waals surface area contributed by atoms with E-state index in [1.54, 1.807) is 18.3 Å². The second-order valence-corrected chi connectivity index (χ2v) is 4.30. The van der Waals surface area contributed by atoms with Crippen molar-refractivity contribution in [2.75, 3.05) is 5.73 Å². The Labute approximate surface area is 84.4 Å². The Balaban J connectivity index is 2.98. The monoisotopic (exact) mass is 192 g/mol. The summed E-state index contributed by atoms with van der Waals surface area (Å²) in [5.41, 5.74) is 6.69. The largest absolute Gasteiger partial charge is 0.623 e. The molecule has 0 fully saturated rings. The molecule has 0 bridgehead atoms. The molecule has 0 saturated heterocycles. The zero-order valence-electron chi connectivity index (χ0n) is 8.82. The summed E-state index contributed by atoms with van der Waals surface area (Å²) in [6, 6.07) is 7.25. The predicted molar refractivity (Wildman–Crippen MR) is 59.4 cm³/mol. The Hall–Kier alpha value is -1.51. The first-order valence-electron chi connectivity index (χ1n) is 4.56. The van der Waals surface area contributed by atoms with Crippen LogP contribution in [0.3, 0.4) is 0 Å². The zero-order chi connectivity index (χ0) is 10.8. The minimum atomic E-state index is -0.412. The minimum absolute atomic E-state index is 0.412. The summed E-state index contributed by atoms with van der Waals surface area (Å²) in [7, 11) is 0. The summed E-state index contributed by atoms with van der Waals surface area (Å²) in [4.78, 5) is 0. The van der Waals surface area contributed by atoms with E-state index in [2.05, 4.69) is 0 Å². The second kappa shape index (κ2) is 3.70. The van der Waals surface area contributed by atoms with Crippen LogP contribution in [0.2, 0.25) is 0 Å². The first-order valence-corrected chi connectivity index (χ1v) is 4.56. The van der Waals surface area contributed by atoms with Gasteiger partial charge in [0.1, 0.15) is 0 Å². The molecule has 1 aromatic carbocycles. The molecule has 3 heteroatoms. The van der Waals surface area contributed by atoms with E-state index < -0.39 is 5.54 Å². The quantitative estimate of drug-likeness (QED) is 0.243. The van der Waals surface area contributed by atoms with Crippen molar-refractivity contribution in [1.82, 2.24) is 0 Å². The molecule has 2 N–H and O–H groups in total. The molecule has 0 aliphatic rings. The number of hydrogen-bond acceptors (Lipinski definition) is 2. The van der Waals surface area contributed by atoms with Crippen molar-refractivity contribution in [2.24, 2.45) is 0 Å². The van der Waals surface area contributed by atoms with E-state index in [9.17, 15) is 5.21 Å². The van der Waals surface area contributed by atoms with E-state index in [-0.39, 0.29) is 0 Å². The van der Waals surface area contributed by atoms with Gasteiger partial charge in [0.2, 0.25) is 0 Å². The summed E-state index contributed by atoms with van der Waals surface area (Å²) in [6.45, 7) is 5.59. The number of benzene rings is 1. The van der Waals surface area contributed by atoms with Crippen molar-refractivity contribution >= 4 is 11.9 Å². The fraction of sp³-hybridized carbons (Fsp3) is 0.364. The van der Waals surface area contributed by atoms with Gasteiger partial charge in [0.15, 0.2) is 11.8 Å². The highest BCUT2D eigenvalue weighted by molar-refractivity contribution is 5.77. The van der Waals surface area contributed by atoms with Gasteiger partial charge in [-0.15, -0.1) is 0 Å². The number of anilines is 1. The normalized spacial score (nSPS) is 12.9. The Morgan fingerprint density at radius 2 is 2.00 bits per heavy atom. The molecule has 0 unspecified atom stereocenters. The van der Waals surface area contributed by atoms with Gasteiger partial charge in [-0.05, 0) is 18.2 Å². The molecule has 0 aromatic heterocycles. The molecule has 0 amide bonds. The summed E-state index contributed by atoms with van der Waals surface area (Å²) >= 11 is 0. The number of hydrogen-bond donors (Lipinski definition) is 1. The van der Waals surface area contributed by atoms with E-state index in [1.807, 2.05) is 32.9 Å². The molecule has 0 heterocycles. The maximum absolute atomic E-state index is 11.6. The highest BCUT2D eigenvalue weighted by Gasteiger charge is 2.17. The minimum Gasteiger partial charge on any atom is -0.623 e. The van der Waals surface area contributed by atoms with Gasteiger partial charge in [-0.1, -0.05) is 6.07 Å². The molecule has 76 valence electrons. The van der Waals surface area contributed by atoms with Crippen LogP contribution < -0.4 is 5.73 Å². The molecule has 0 saturated carbocycles. The second-order valence-electron chi connectivity index (χ2n) is 4.30. The molecule has 1 rings (SSSR count). The van der Waals surface area contributed by atoms with Gasteiger partial charge >= 0.3 is 0 Å². The van der Waals surface area contributed by atoms with Gasteiger partial charge < -0.3 is 10.9 Å². The van der Waals surface area contributed by atoms with E-state index in [4.69, 9.17) is 5.73 Å². The maximum Gasteiger partial charge on any atom is 0.182 e. The Kier molecular flexibility index (Phi) is 2.79. The number of nitrogens with zero attached hydrogens (tertiary/aromatic N) is 1. The average Bonchev–Trinajstić information content (AvgIpc) is 2.02. The van der Waals surface area contributed by atoms with Gasteiger partial charge in [0.25, 0.3) is 0 Å². The third-order valence-electron chi connectivity index (χ3n) is 1.84. The van der Waals surface area contributed by atoms with Gasteiger partial charge in [-0.3, -0.25) is 0 Å². The zero-order valence-corrected chi connectivity index (χ0v) is 8.82. The van der Waals surface area contributed by atoms with Crippen LogP contribution in [0.15, 0.2) is 24.3 Å². The van der Waals surface area contributed by atoms with Gasteiger partial charge in [0.05, 0.1) is 0 Å². The van der Waals surface area contributed by atoms with Crippen LogP contribution in [0, 0.1) is 5.21 Å². The molecular formula is C11H16N2O. The maximum atomic E-state index is 11.6. The van der Waals surface area contributed by atoms with Crippen LogP contribution in [-0.2, 0) is 0 Å². The lowest BCUT2D eigenvalue weighted by molar-refractivity contribution is -0.530. The number of rotatable bonds is 1. The van der Waals surface area contributed by atoms with Crippen LogP contribution in [0.4, 0.5) is 5.69 Å². The smallest absolute Gasteiger partial charge is 0.182 e. The predicted octanol–water partition coefficient (Wildman–Crippen LogP) is 2.00. The number of nitrogens with two attached hydrogens (primary N) is 1. The van der Waals surface area contributed by atoms with E-state index in [0.717, 1.165) is 10.3 Å². The van der Waals surface area contributed by atoms with E-state index in [0.29, 0.717) is 5.69 Å². The van der Waals surface area contributed by atoms with Crippen molar-refractivity contribution in [1.29, 1.82) is 0 Å². The highest BCUT2D eigenvalue weighted by Crippen LogP contribution is 2.08. The van der Waals surface area contributed by atoms with Crippen molar-refractivity contribution in [3.8, 4) is 0 Å². The first-order chi connectivity index (χ1) is 6.39. The van der Waals surface area contributed by atoms with Crippen LogP contribution in [0.25, 0.3) is 0 Å². The molecule has 1 aromatic rings. The lowest BCUT2D eigenvalue weighted by Crippen LogP contribution is -2.29. The summed E-state index contributed by atoms with van der Waals surface area (Å²) in [6.07, 6.45) is 1.55. The standard InChI is InChI=1S/C11H16N2O/c1-11(2,3)13(14)8-9-5-4-6-10(12)7-9/h4-8H,12H2,1-3H3/b13-8-. The topological polar surface area (TPSA) is 52.1 Å². The van der Waals surface area contributed by atoms with Gasteiger partial charge in [-0.2, -0.15) is 0 Å². The summed E-state index contributed by atoms with van der Waals surface area (Å²) < 4.78 is 0.932. The Morgan fingerprint density at radius 3 is 2.50 bits per heavy atom. The average molecular weight is 192 g/mol. The third-order valence-corrected chi connectivity index (χ3v) is 1.84. The lowest BCUT2D eigenvalue weighted by Gasteiger charge is -2.18. The van der Waals surface area contributed by atoms with Crippen LogP contribution >= 0.6 is 0 Å². The van der Waals surface area contributed by atoms with Crippen molar-refractivity contribution in [2.45, 2.75) is 26.3 Å². The van der Waals surface area contributed by atoms with E-state index >= 15 is 0 Å². The molecular weight excluding hydrogens is 176 g/mol. The summed E-state index contributed by atoms with van der Waals surface area (Å²) in [5, 5.41) is 11.6. The van der Waals surface area contributed by atoms with E-state index in [1.165, 1.54) is 0 Å². The Morgan fingerprint density at radius 1 is 1.36 bits per heavy atom. The molecule has 14 heavy (non-hydrogen) atoms. The van der Waals surface area contributed by atoms with Crippen molar-refractivity contribution < 1.29 is 4.74 Å². The van der Waals surface area contributed by atoms with Gasteiger partial charge in [0, 0.05) is 32.0 Å². The van der Waals surface area contributed by atoms with Crippen LogP contribution in [-0.4, -0.2) is 16.5 Å². The molecule has 0 aliphatic carbocycles. The SMILES string of the molecule is CC(C)(C)/[N+]([O-])=C/c1cccc(N)c1. The fourth-order valence-corrected chi connectivity index (χ4v) is 0.968. The van der Waals surface area contributed by atoms with Crippen molar-refractivity contribution in [3.63, 3.8) is 0 Å². The molecule has 0 aliphatic heterocycles. The molecule has 0 atom stereocenters. The lowest BCUT2D eigenvalue weighted by atomic mass is 10.1. The molecule has 0 spiro atoms. The number of nitrogen functional groups attached to an aromatic ring is 1.